The maximum atomic E-state index is 11.2. The van der Waals surface area contributed by atoms with Crippen LogP contribution in [0.5, 0.6) is 0 Å². The van der Waals surface area contributed by atoms with E-state index in [2.05, 4.69) is 12.1 Å². The van der Waals surface area contributed by atoms with Gasteiger partial charge >= 0.3 is 5.97 Å². The Morgan fingerprint density at radius 1 is 1.33 bits per heavy atom. The van der Waals surface area contributed by atoms with E-state index in [1.807, 2.05) is 18.2 Å². The van der Waals surface area contributed by atoms with E-state index in [-0.39, 0.29) is 24.4 Å². The van der Waals surface area contributed by atoms with Crippen molar-refractivity contribution >= 4 is 5.97 Å². The van der Waals surface area contributed by atoms with Gasteiger partial charge < -0.3 is 14.2 Å². The maximum Gasteiger partial charge on any atom is 0.302 e. The van der Waals surface area contributed by atoms with Gasteiger partial charge in [0.15, 0.2) is 11.2 Å². The summed E-state index contributed by atoms with van der Waals surface area (Å²) in [6.07, 6.45) is 7.16. The second kappa shape index (κ2) is 6.39. The Bertz CT molecular complexity index is 647. The van der Waals surface area contributed by atoms with E-state index >= 15 is 0 Å². The zero-order chi connectivity index (χ0) is 17.2. The van der Waals surface area contributed by atoms with Gasteiger partial charge in [-0.15, -0.1) is 0 Å². The second-order valence-corrected chi connectivity index (χ2v) is 6.51. The third kappa shape index (κ3) is 2.84. The van der Waals surface area contributed by atoms with Crippen LogP contribution < -0.4 is 0 Å². The number of hydrogen-bond acceptors (Lipinski definition) is 6. The average Bonchev–Trinajstić information content (AvgIpc) is 2.96. The number of nitrogens with zero attached hydrogens (tertiary/aromatic N) is 2. The van der Waals surface area contributed by atoms with Crippen LogP contribution in [-0.4, -0.2) is 31.6 Å². The lowest BCUT2D eigenvalue weighted by Gasteiger charge is -2.40. The lowest BCUT2D eigenvalue weighted by Crippen LogP contribution is -2.41. The molecular weight excluding hydrogens is 308 g/mol. The van der Waals surface area contributed by atoms with Gasteiger partial charge in [-0.05, 0) is 11.5 Å². The summed E-state index contributed by atoms with van der Waals surface area (Å²) in [6, 6.07) is 4.40. The standard InChI is InChI=1S/C18H20N2O4/c1-13(21)22-10-14-3-2-5-17(11-19,12-20)16-4-6-18(9-15(14)16)23-7-8-24-18/h2-4,14-15H,5-10H2,1H3. The lowest BCUT2D eigenvalue weighted by atomic mass is 9.67. The van der Waals surface area contributed by atoms with Crippen molar-refractivity contribution in [3.05, 3.63) is 23.8 Å². The highest BCUT2D eigenvalue weighted by Gasteiger charge is 2.50. The zero-order valence-electron chi connectivity index (χ0n) is 13.7. The molecule has 1 aliphatic heterocycles. The largest absolute Gasteiger partial charge is 0.465 e. The van der Waals surface area contributed by atoms with Crippen LogP contribution >= 0.6 is 0 Å². The lowest BCUT2D eigenvalue weighted by molar-refractivity contribution is -0.173. The second-order valence-electron chi connectivity index (χ2n) is 6.51. The van der Waals surface area contributed by atoms with Crippen molar-refractivity contribution in [1.29, 1.82) is 10.5 Å². The Kier molecular flexibility index (Phi) is 4.45. The first-order valence-electron chi connectivity index (χ1n) is 8.15. The molecule has 2 aliphatic carbocycles. The van der Waals surface area contributed by atoms with Crippen molar-refractivity contribution in [3.8, 4) is 12.1 Å². The van der Waals surface area contributed by atoms with Gasteiger partial charge in [0.1, 0.15) is 0 Å². The molecule has 1 heterocycles. The number of esters is 1. The quantitative estimate of drug-likeness (QED) is 0.570. The molecular formula is C18H20N2O4. The third-order valence-corrected chi connectivity index (χ3v) is 5.05. The number of hydrogen-bond donors (Lipinski definition) is 0. The number of nitriles is 2. The van der Waals surface area contributed by atoms with E-state index in [9.17, 15) is 15.3 Å². The minimum Gasteiger partial charge on any atom is -0.465 e. The number of ether oxygens (including phenoxy) is 3. The zero-order valence-corrected chi connectivity index (χ0v) is 13.7. The number of fused-ring (bicyclic) bond motifs is 1. The summed E-state index contributed by atoms with van der Waals surface area (Å²) in [5, 5.41) is 19.3. The van der Waals surface area contributed by atoms with E-state index in [0.29, 0.717) is 32.5 Å². The Hall–Kier alpha value is -2.15. The molecule has 0 saturated carbocycles. The van der Waals surface area contributed by atoms with Gasteiger partial charge in [-0.3, -0.25) is 4.79 Å². The van der Waals surface area contributed by atoms with E-state index in [0.717, 1.165) is 5.57 Å². The molecule has 1 fully saturated rings. The van der Waals surface area contributed by atoms with Gasteiger partial charge in [0.05, 0.1) is 32.0 Å². The molecule has 3 aliphatic rings. The van der Waals surface area contributed by atoms with Crippen LogP contribution in [0.15, 0.2) is 23.8 Å². The smallest absolute Gasteiger partial charge is 0.302 e. The van der Waals surface area contributed by atoms with Crippen molar-refractivity contribution in [2.24, 2.45) is 17.3 Å². The fourth-order valence-corrected chi connectivity index (χ4v) is 3.85. The number of allylic oxidation sites excluding steroid dienone is 2. The van der Waals surface area contributed by atoms with E-state index in [1.54, 1.807) is 0 Å². The molecule has 6 heteroatoms. The maximum absolute atomic E-state index is 11.2. The topological polar surface area (TPSA) is 92.3 Å². The first-order chi connectivity index (χ1) is 11.5. The molecule has 2 unspecified atom stereocenters. The monoisotopic (exact) mass is 328 g/mol. The number of carbonyl (C=O) groups excluding carboxylic acids is 1. The molecule has 126 valence electrons. The number of rotatable bonds is 2. The predicted octanol–water partition coefficient (Wildman–Crippen LogP) is 2.24. The summed E-state index contributed by atoms with van der Waals surface area (Å²) in [4.78, 5) is 11.2. The third-order valence-electron chi connectivity index (χ3n) is 5.05. The minimum absolute atomic E-state index is 0.103. The predicted molar refractivity (Wildman–Crippen MR) is 83.0 cm³/mol. The first kappa shape index (κ1) is 16.7. The van der Waals surface area contributed by atoms with Gasteiger partial charge in [0, 0.05) is 32.1 Å². The summed E-state index contributed by atoms with van der Waals surface area (Å²) in [5.74, 6) is -1.26. The SMILES string of the molecule is CC(=O)OCC1C=CCC(C#N)(C#N)C2=CCC3(CC21)OCCO3. The van der Waals surface area contributed by atoms with Crippen LogP contribution in [0.25, 0.3) is 0 Å². The van der Waals surface area contributed by atoms with E-state index in [4.69, 9.17) is 14.2 Å². The Morgan fingerprint density at radius 2 is 2.04 bits per heavy atom. The molecule has 0 aromatic carbocycles. The summed E-state index contributed by atoms with van der Waals surface area (Å²) in [5.41, 5.74) is -0.369. The Balaban J connectivity index is 1.97. The highest BCUT2D eigenvalue weighted by Crippen LogP contribution is 2.50. The molecule has 0 N–H and O–H groups in total. The van der Waals surface area contributed by atoms with Crippen molar-refractivity contribution in [3.63, 3.8) is 0 Å². The summed E-state index contributed by atoms with van der Waals surface area (Å²) < 4.78 is 16.8. The Labute approximate surface area is 141 Å². The summed E-state index contributed by atoms with van der Waals surface area (Å²) >= 11 is 0. The van der Waals surface area contributed by atoms with Gasteiger partial charge in [0.2, 0.25) is 0 Å². The summed E-state index contributed by atoms with van der Waals surface area (Å²) in [7, 11) is 0. The van der Waals surface area contributed by atoms with E-state index in [1.165, 1.54) is 6.92 Å². The normalized spacial score (nSPS) is 29.7. The fourth-order valence-electron chi connectivity index (χ4n) is 3.85. The average molecular weight is 328 g/mol. The van der Waals surface area contributed by atoms with Gasteiger partial charge in [-0.1, -0.05) is 18.2 Å². The molecule has 2 atom stereocenters. The highest BCUT2D eigenvalue weighted by molar-refractivity contribution is 5.65. The van der Waals surface area contributed by atoms with Crippen molar-refractivity contribution in [1.82, 2.24) is 0 Å². The molecule has 0 bridgehead atoms. The number of carbonyl (C=O) groups is 1. The van der Waals surface area contributed by atoms with Crippen LogP contribution in [0.1, 0.15) is 26.2 Å². The molecule has 1 saturated heterocycles. The van der Waals surface area contributed by atoms with Gasteiger partial charge in [0.25, 0.3) is 0 Å². The minimum atomic E-state index is -1.17. The van der Waals surface area contributed by atoms with Crippen LogP contribution in [-0.2, 0) is 19.0 Å². The first-order valence-corrected chi connectivity index (χ1v) is 8.15. The molecule has 0 radical (unpaired) electrons. The fraction of sp³-hybridized carbons (Fsp3) is 0.611. The highest BCUT2D eigenvalue weighted by atomic mass is 16.7. The molecule has 6 nitrogen and oxygen atoms in total. The molecule has 0 aromatic heterocycles. The molecule has 24 heavy (non-hydrogen) atoms. The van der Waals surface area contributed by atoms with Crippen LogP contribution in [0.3, 0.4) is 0 Å². The van der Waals surface area contributed by atoms with Crippen LogP contribution in [0, 0.1) is 39.9 Å². The summed E-state index contributed by atoms with van der Waals surface area (Å²) in [6.45, 7) is 2.68. The molecule has 0 aromatic rings. The molecule has 1 spiro atoms. The van der Waals surface area contributed by atoms with Gasteiger partial charge in [-0.2, -0.15) is 10.5 Å². The van der Waals surface area contributed by atoms with Crippen LogP contribution in [0.2, 0.25) is 0 Å². The van der Waals surface area contributed by atoms with Crippen molar-refractivity contribution < 1.29 is 19.0 Å². The van der Waals surface area contributed by atoms with Crippen molar-refractivity contribution in [2.75, 3.05) is 19.8 Å². The van der Waals surface area contributed by atoms with Gasteiger partial charge in [-0.25, -0.2) is 0 Å². The van der Waals surface area contributed by atoms with Crippen LogP contribution in [0.4, 0.5) is 0 Å². The van der Waals surface area contributed by atoms with Crippen molar-refractivity contribution in [2.45, 2.75) is 32.0 Å². The Morgan fingerprint density at radius 3 is 2.67 bits per heavy atom. The van der Waals surface area contributed by atoms with E-state index < -0.39 is 11.2 Å². The molecule has 3 rings (SSSR count). The molecule has 0 amide bonds.